The summed E-state index contributed by atoms with van der Waals surface area (Å²) in [5, 5.41) is 0. The maximum Gasteiger partial charge on any atom is 0.310 e. The van der Waals surface area contributed by atoms with E-state index in [4.69, 9.17) is 9.47 Å². The Hall–Kier alpha value is -2.29. The van der Waals surface area contributed by atoms with Gasteiger partial charge in [-0.25, -0.2) is 0 Å². The lowest BCUT2D eigenvalue weighted by Crippen LogP contribution is -2.08. The van der Waals surface area contributed by atoms with Gasteiger partial charge in [0.1, 0.15) is 18.1 Å². The number of para-hydroxylation sites is 2. The van der Waals surface area contributed by atoms with Crippen LogP contribution in [0.25, 0.3) is 0 Å². The van der Waals surface area contributed by atoms with Gasteiger partial charge in [0.2, 0.25) is 0 Å². The van der Waals surface area contributed by atoms with Gasteiger partial charge in [0.05, 0.1) is 0 Å². The van der Waals surface area contributed by atoms with Crippen LogP contribution >= 0.6 is 0 Å². The summed E-state index contributed by atoms with van der Waals surface area (Å²) in [6, 6.07) is 15.3. The topological polar surface area (TPSA) is 35.5 Å². The molecule has 0 amide bonds. The van der Waals surface area contributed by atoms with Gasteiger partial charge >= 0.3 is 5.97 Å². The van der Waals surface area contributed by atoms with Crippen molar-refractivity contribution in [3.63, 3.8) is 0 Å². The molecule has 0 radical (unpaired) electrons. The molecule has 0 atom stereocenters. The summed E-state index contributed by atoms with van der Waals surface area (Å²) in [5.41, 5.74) is 1.94. The van der Waals surface area contributed by atoms with Crippen LogP contribution in [0.3, 0.4) is 0 Å². The highest BCUT2D eigenvalue weighted by Crippen LogP contribution is 2.22. The Balaban J connectivity index is 2.10. The van der Waals surface area contributed by atoms with Crippen molar-refractivity contribution >= 4 is 5.97 Å². The first-order chi connectivity index (χ1) is 9.70. The van der Waals surface area contributed by atoms with Gasteiger partial charge in [-0.2, -0.15) is 0 Å². The van der Waals surface area contributed by atoms with Gasteiger partial charge in [0.15, 0.2) is 0 Å². The SMILES string of the molecule is CCC(=O)Oc1ccccc1COc1ccccc1C. The first kappa shape index (κ1) is 14.1. The minimum Gasteiger partial charge on any atom is -0.488 e. The van der Waals surface area contributed by atoms with Crippen molar-refractivity contribution in [3.8, 4) is 11.5 Å². The van der Waals surface area contributed by atoms with Crippen LogP contribution in [-0.2, 0) is 11.4 Å². The number of carbonyl (C=O) groups is 1. The van der Waals surface area contributed by atoms with Crippen LogP contribution in [0.1, 0.15) is 24.5 Å². The fourth-order valence-electron chi connectivity index (χ4n) is 1.79. The molecule has 0 saturated carbocycles. The highest BCUT2D eigenvalue weighted by molar-refractivity contribution is 5.72. The van der Waals surface area contributed by atoms with Gasteiger partial charge in [-0.05, 0) is 24.6 Å². The lowest BCUT2D eigenvalue weighted by Gasteiger charge is -2.12. The van der Waals surface area contributed by atoms with E-state index in [2.05, 4.69) is 0 Å². The smallest absolute Gasteiger partial charge is 0.310 e. The van der Waals surface area contributed by atoms with Gasteiger partial charge in [-0.3, -0.25) is 4.79 Å². The van der Waals surface area contributed by atoms with Crippen LogP contribution in [0.5, 0.6) is 11.5 Å². The Kier molecular flexibility index (Phi) is 4.77. The Bertz CT molecular complexity index is 590. The molecule has 0 bridgehead atoms. The molecule has 2 aromatic rings. The predicted octanol–water partition coefficient (Wildman–Crippen LogP) is 3.89. The molecule has 0 unspecified atom stereocenters. The van der Waals surface area contributed by atoms with Gasteiger partial charge in [0.25, 0.3) is 0 Å². The number of aryl methyl sites for hydroxylation is 1. The Morgan fingerprint density at radius 1 is 1.00 bits per heavy atom. The first-order valence-corrected chi connectivity index (χ1v) is 6.67. The summed E-state index contributed by atoms with van der Waals surface area (Å²) >= 11 is 0. The number of benzene rings is 2. The summed E-state index contributed by atoms with van der Waals surface area (Å²) < 4.78 is 11.1. The lowest BCUT2D eigenvalue weighted by atomic mass is 10.2. The Labute approximate surface area is 119 Å². The van der Waals surface area contributed by atoms with Crippen LogP contribution in [0.2, 0.25) is 0 Å². The van der Waals surface area contributed by atoms with Crippen molar-refractivity contribution in [3.05, 3.63) is 59.7 Å². The Morgan fingerprint density at radius 3 is 2.35 bits per heavy atom. The monoisotopic (exact) mass is 270 g/mol. The normalized spacial score (nSPS) is 10.1. The lowest BCUT2D eigenvalue weighted by molar-refractivity contribution is -0.134. The molecular weight excluding hydrogens is 252 g/mol. The first-order valence-electron chi connectivity index (χ1n) is 6.67. The van der Waals surface area contributed by atoms with E-state index in [1.807, 2.05) is 49.4 Å². The fraction of sp³-hybridized carbons (Fsp3) is 0.235. The van der Waals surface area contributed by atoms with Crippen molar-refractivity contribution in [1.82, 2.24) is 0 Å². The van der Waals surface area contributed by atoms with E-state index in [1.54, 1.807) is 13.0 Å². The zero-order valence-electron chi connectivity index (χ0n) is 11.8. The van der Waals surface area contributed by atoms with E-state index < -0.39 is 0 Å². The number of hydrogen-bond acceptors (Lipinski definition) is 3. The quantitative estimate of drug-likeness (QED) is 0.611. The highest BCUT2D eigenvalue weighted by atomic mass is 16.5. The largest absolute Gasteiger partial charge is 0.488 e. The second-order valence-electron chi connectivity index (χ2n) is 4.49. The summed E-state index contributed by atoms with van der Waals surface area (Å²) in [6.45, 7) is 4.14. The van der Waals surface area contributed by atoms with Gasteiger partial charge in [-0.1, -0.05) is 43.3 Å². The number of esters is 1. The highest BCUT2D eigenvalue weighted by Gasteiger charge is 2.08. The van der Waals surface area contributed by atoms with Gasteiger partial charge in [0, 0.05) is 12.0 Å². The number of carbonyl (C=O) groups excluding carboxylic acids is 1. The molecule has 0 aromatic heterocycles. The molecule has 3 heteroatoms. The molecular formula is C17H18O3. The van der Waals surface area contributed by atoms with E-state index in [9.17, 15) is 4.79 Å². The van der Waals surface area contributed by atoms with Crippen LogP contribution < -0.4 is 9.47 Å². The van der Waals surface area contributed by atoms with Crippen molar-refractivity contribution in [2.75, 3.05) is 0 Å². The maximum atomic E-state index is 11.4. The molecule has 0 aliphatic heterocycles. The summed E-state index contributed by atoms with van der Waals surface area (Å²) in [5.74, 6) is 1.16. The molecule has 2 rings (SSSR count). The maximum absolute atomic E-state index is 11.4. The van der Waals surface area contributed by atoms with E-state index >= 15 is 0 Å². The van der Waals surface area contributed by atoms with Crippen molar-refractivity contribution in [1.29, 1.82) is 0 Å². The van der Waals surface area contributed by atoms with Crippen molar-refractivity contribution < 1.29 is 14.3 Å². The summed E-state index contributed by atoms with van der Waals surface area (Å²) in [4.78, 5) is 11.4. The molecule has 0 N–H and O–H groups in total. The summed E-state index contributed by atoms with van der Waals surface area (Å²) in [6.07, 6.45) is 0.354. The number of hydrogen-bond donors (Lipinski definition) is 0. The van der Waals surface area contributed by atoms with Gasteiger partial charge in [-0.15, -0.1) is 0 Å². The standard InChI is InChI=1S/C17H18O3/c1-3-17(18)20-16-11-7-5-9-14(16)12-19-15-10-6-4-8-13(15)2/h4-11H,3,12H2,1-2H3. The second kappa shape index (κ2) is 6.75. The minimum absolute atomic E-state index is 0.242. The number of rotatable bonds is 5. The third-order valence-electron chi connectivity index (χ3n) is 2.96. The molecule has 0 aliphatic rings. The number of ether oxygens (including phenoxy) is 2. The van der Waals surface area contributed by atoms with E-state index in [1.165, 1.54) is 0 Å². The van der Waals surface area contributed by atoms with Crippen molar-refractivity contribution in [2.45, 2.75) is 26.9 Å². The average Bonchev–Trinajstić information content (AvgIpc) is 2.47. The zero-order chi connectivity index (χ0) is 14.4. The molecule has 104 valence electrons. The van der Waals surface area contributed by atoms with E-state index in [-0.39, 0.29) is 5.97 Å². The van der Waals surface area contributed by atoms with Crippen molar-refractivity contribution in [2.24, 2.45) is 0 Å². The van der Waals surface area contributed by atoms with Crippen LogP contribution in [0.4, 0.5) is 0 Å². The molecule has 0 spiro atoms. The molecule has 0 aliphatic carbocycles. The molecule has 0 fully saturated rings. The predicted molar refractivity (Wildman–Crippen MR) is 77.9 cm³/mol. The molecule has 0 heterocycles. The molecule has 20 heavy (non-hydrogen) atoms. The van der Waals surface area contributed by atoms with Crippen LogP contribution in [0, 0.1) is 6.92 Å². The van der Waals surface area contributed by atoms with Crippen LogP contribution in [0.15, 0.2) is 48.5 Å². The van der Waals surface area contributed by atoms with Gasteiger partial charge < -0.3 is 9.47 Å². The fourth-order valence-corrected chi connectivity index (χ4v) is 1.79. The third kappa shape index (κ3) is 3.60. The molecule has 2 aromatic carbocycles. The van der Waals surface area contributed by atoms with E-state index in [0.717, 1.165) is 16.9 Å². The Morgan fingerprint density at radius 2 is 1.65 bits per heavy atom. The minimum atomic E-state index is -0.242. The molecule has 3 nitrogen and oxygen atoms in total. The average molecular weight is 270 g/mol. The van der Waals surface area contributed by atoms with Crippen LogP contribution in [-0.4, -0.2) is 5.97 Å². The molecule has 0 saturated heterocycles. The summed E-state index contributed by atoms with van der Waals surface area (Å²) in [7, 11) is 0. The van der Waals surface area contributed by atoms with E-state index in [0.29, 0.717) is 18.8 Å². The second-order valence-corrected chi connectivity index (χ2v) is 4.49. The zero-order valence-corrected chi connectivity index (χ0v) is 11.8. The third-order valence-corrected chi connectivity index (χ3v) is 2.96.